The number of aromatic nitrogens is 2. The van der Waals surface area contributed by atoms with Crippen LogP contribution in [-0.2, 0) is 6.42 Å². The molecular weight excluding hydrogens is 332 g/mol. The fraction of sp³-hybridized carbons (Fsp3) is 0.500. The van der Waals surface area contributed by atoms with Crippen molar-refractivity contribution in [1.29, 1.82) is 0 Å². The molecule has 5 nitrogen and oxygen atoms in total. The molecule has 1 aliphatic rings. The molecule has 1 aliphatic heterocycles. The van der Waals surface area contributed by atoms with E-state index in [9.17, 15) is 5.11 Å². The fourth-order valence-corrected chi connectivity index (χ4v) is 3.77. The number of aliphatic hydroxyl groups excluding tert-OH is 1. The Labute approximate surface area is 145 Å². The number of β-amino-alcohol motifs (C(OH)–C–C–N with tert-alkyl or cyclic N) is 1. The maximum atomic E-state index is 9.46. The molecule has 23 heavy (non-hydrogen) atoms. The van der Waals surface area contributed by atoms with Gasteiger partial charge in [-0.3, -0.25) is 4.90 Å². The second kappa shape index (κ2) is 7.57. The number of aliphatic hydroxyl groups is 1. The van der Waals surface area contributed by atoms with Crippen molar-refractivity contribution in [3.8, 4) is 0 Å². The number of piperazine rings is 1. The van der Waals surface area contributed by atoms with E-state index >= 15 is 0 Å². The molecule has 1 atom stereocenters. The predicted octanol–water partition coefficient (Wildman–Crippen LogP) is 2.29. The SMILES string of the molecule is C[C@@H](O)CN1CCN(c2nnc(Cc3ccc(Cl)cc3)s2)CC1. The largest absolute Gasteiger partial charge is 0.392 e. The molecule has 1 aromatic heterocycles. The Balaban J connectivity index is 1.56. The Kier molecular flexibility index (Phi) is 5.48. The van der Waals surface area contributed by atoms with E-state index in [0.29, 0.717) is 0 Å². The lowest BCUT2D eigenvalue weighted by atomic mass is 10.2. The van der Waals surface area contributed by atoms with Gasteiger partial charge in [0.2, 0.25) is 5.13 Å². The molecule has 0 unspecified atom stereocenters. The van der Waals surface area contributed by atoms with Gasteiger partial charge < -0.3 is 10.0 Å². The minimum absolute atomic E-state index is 0.269. The summed E-state index contributed by atoms with van der Waals surface area (Å²) in [7, 11) is 0. The Hall–Kier alpha value is -1.21. The van der Waals surface area contributed by atoms with Crippen molar-refractivity contribution in [2.75, 3.05) is 37.6 Å². The zero-order valence-electron chi connectivity index (χ0n) is 13.2. The van der Waals surface area contributed by atoms with E-state index < -0.39 is 0 Å². The maximum Gasteiger partial charge on any atom is 0.208 e. The highest BCUT2D eigenvalue weighted by Crippen LogP contribution is 2.24. The van der Waals surface area contributed by atoms with Crippen molar-refractivity contribution in [2.45, 2.75) is 19.4 Å². The molecular formula is C16H21ClN4OS. The Morgan fingerprint density at radius 2 is 1.87 bits per heavy atom. The summed E-state index contributed by atoms with van der Waals surface area (Å²) in [5, 5.41) is 20.9. The van der Waals surface area contributed by atoms with Crippen molar-refractivity contribution in [1.82, 2.24) is 15.1 Å². The number of nitrogens with zero attached hydrogens (tertiary/aromatic N) is 4. The van der Waals surface area contributed by atoms with Gasteiger partial charge in [-0.15, -0.1) is 10.2 Å². The lowest BCUT2D eigenvalue weighted by Gasteiger charge is -2.34. The minimum Gasteiger partial charge on any atom is -0.392 e. The third-order valence-corrected chi connectivity index (χ3v) is 5.13. The lowest BCUT2D eigenvalue weighted by Crippen LogP contribution is -2.48. The standard InChI is InChI=1S/C16H21ClN4OS/c1-12(22)11-20-6-8-21(9-7-20)16-19-18-15(23-16)10-13-2-4-14(17)5-3-13/h2-5,12,22H,6-11H2,1H3/t12-/m1/s1. The van der Waals surface area contributed by atoms with E-state index in [1.807, 2.05) is 31.2 Å². The van der Waals surface area contributed by atoms with Crippen LogP contribution < -0.4 is 4.90 Å². The molecule has 1 fully saturated rings. The van der Waals surface area contributed by atoms with Gasteiger partial charge in [0.25, 0.3) is 0 Å². The second-order valence-corrected chi connectivity index (χ2v) is 7.40. The van der Waals surface area contributed by atoms with Crippen molar-refractivity contribution >= 4 is 28.1 Å². The number of hydrogen-bond acceptors (Lipinski definition) is 6. The van der Waals surface area contributed by atoms with Crippen LogP contribution in [0.1, 0.15) is 17.5 Å². The van der Waals surface area contributed by atoms with Gasteiger partial charge in [-0.1, -0.05) is 35.1 Å². The van der Waals surface area contributed by atoms with Crippen LogP contribution in [0.15, 0.2) is 24.3 Å². The van der Waals surface area contributed by atoms with Gasteiger partial charge in [-0.2, -0.15) is 0 Å². The Morgan fingerprint density at radius 1 is 1.17 bits per heavy atom. The summed E-state index contributed by atoms with van der Waals surface area (Å²) in [6, 6.07) is 7.86. The first kappa shape index (κ1) is 16.6. The molecule has 0 bridgehead atoms. The van der Waals surface area contributed by atoms with Crippen LogP contribution in [0.3, 0.4) is 0 Å². The molecule has 0 radical (unpaired) electrons. The zero-order valence-corrected chi connectivity index (χ0v) is 14.7. The lowest BCUT2D eigenvalue weighted by molar-refractivity contribution is 0.122. The smallest absolute Gasteiger partial charge is 0.208 e. The van der Waals surface area contributed by atoms with Gasteiger partial charge >= 0.3 is 0 Å². The van der Waals surface area contributed by atoms with E-state index in [4.69, 9.17) is 11.6 Å². The van der Waals surface area contributed by atoms with Gasteiger partial charge in [0, 0.05) is 44.2 Å². The topological polar surface area (TPSA) is 52.5 Å². The van der Waals surface area contributed by atoms with Crippen molar-refractivity contribution in [3.63, 3.8) is 0 Å². The normalized spacial score (nSPS) is 17.4. The van der Waals surface area contributed by atoms with Gasteiger partial charge in [0.05, 0.1) is 6.10 Å². The summed E-state index contributed by atoms with van der Waals surface area (Å²) in [6.07, 6.45) is 0.519. The molecule has 1 N–H and O–H groups in total. The van der Waals surface area contributed by atoms with E-state index in [2.05, 4.69) is 20.0 Å². The molecule has 7 heteroatoms. The predicted molar refractivity (Wildman–Crippen MR) is 94.5 cm³/mol. The molecule has 1 saturated heterocycles. The Bertz CT molecular complexity index is 623. The molecule has 0 spiro atoms. The molecule has 2 aromatic rings. The van der Waals surface area contributed by atoms with Gasteiger partial charge in [-0.05, 0) is 24.6 Å². The minimum atomic E-state index is -0.269. The molecule has 0 saturated carbocycles. The summed E-state index contributed by atoms with van der Waals surface area (Å²) < 4.78 is 0. The summed E-state index contributed by atoms with van der Waals surface area (Å²) in [6.45, 7) is 6.35. The number of rotatable bonds is 5. The summed E-state index contributed by atoms with van der Waals surface area (Å²) in [5.41, 5.74) is 1.19. The number of anilines is 1. The first-order chi connectivity index (χ1) is 11.1. The van der Waals surface area contributed by atoms with Gasteiger partial charge in [0.1, 0.15) is 5.01 Å². The highest BCUT2D eigenvalue weighted by molar-refractivity contribution is 7.15. The molecule has 0 aliphatic carbocycles. The van der Waals surface area contributed by atoms with E-state index in [1.54, 1.807) is 11.3 Å². The van der Waals surface area contributed by atoms with Crippen LogP contribution in [0.5, 0.6) is 0 Å². The third-order valence-electron chi connectivity index (χ3n) is 3.89. The molecule has 2 heterocycles. The average Bonchev–Trinajstić information content (AvgIpc) is 2.98. The number of halogens is 1. The maximum absolute atomic E-state index is 9.46. The van der Waals surface area contributed by atoms with Gasteiger partial charge in [0.15, 0.2) is 0 Å². The van der Waals surface area contributed by atoms with Gasteiger partial charge in [-0.25, -0.2) is 0 Å². The monoisotopic (exact) mass is 352 g/mol. The molecule has 1 aromatic carbocycles. The average molecular weight is 353 g/mol. The van der Waals surface area contributed by atoms with E-state index in [0.717, 1.165) is 54.3 Å². The number of hydrogen-bond donors (Lipinski definition) is 1. The van der Waals surface area contributed by atoms with Crippen LogP contribution in [0.2, 0.25) is 5.02 Å². The highest BCUT2D eigenvalue weighted by atomic mass is 35.5. The summed E-state index contributed by atoms with van der Waals surface area (Å²) >= 11 is 7.57. The van der Waals surface area contributed by atoms with Crippen LogP contribution in [-0.4, -0.2) is 59.0 Å². The molecule has 3 rings (SSSR count). The fourth-order valence-electron chi connectivity index (χ4n) is 2.72. The first-order valence-electron chi connectivity index (χ1n) is 7.82. The van der Waals surface area contributed by atoms with Crippen molar-refractivity contribution < 1.29 is 5.11 Å². The zero-order chi connectivity index (χ0) is 16.2. The third kappa shape index (κ3) is 4.64. The van der Waals surface area contributed by atoms with Crippen LogP contribution in [0, 0.1) is 0 Å². The van der Waals surface area contributed by atoms with Crippen LogP contribution in [0.25, 0.3) is 0 Å². The van der Waals surface area contributed by atoms with E-state index in [-0.39, 0.29) is 6.10 Å². The Morgan fingerprint density at radius 3 is 2.52 bits per heavy atom. The summed E-state index contributed by atoms with van der Waals surface area (Å²) in [5.74, 6) is 0. The molecule has 0 amide bonds. The van der Waals surface area contributed by atoms with Crippen LogP contribution >= 0.6 is 22.9 Å². The highest BCUT2D eigenvalue weighted by Gasteiger charge is 2.20. The number of benzene rings is 1. The summed E-state index contributed by atoms with van der Waals surface area (Å²) in [4.78, 5) is 4.57. The second-order valence-electron chi connectivity index (χ2n) is 5.92. The molecule has 124 valence electrons. The van der Waals surface area contributed by atoms with Crippen LogP contribution in [0.4, 0.5) is 5.13 Å². The van der Waals surface area contributed by atoms with Crippen molar-refractivity contribution in [2.24, 2.45) is 0 Å². The first-order valence-corrected chi connectivity index (χ1v) is 9.02. The van der Waals surface area contributed by atoms with E-state index in [1.165, 1.54) is 5.56 Å². The van der Waals surface area contributed by atoms with Crippen molar-refractivity contribution in [3.05, 3.63) is 39.9 Å². The quantitative estimate of drug-likeness (QED) is 0.894.